The number of urea groups is 1. The van der Waals surface area contributed by atoms with E-state index in [0.29, 0.717) is 5.92 Å². The second-order valence-electron chi connectivity index (χ2n) is 6.20. The molecule has 0 bridgehead atoms. The Hall–Kier alpha value is -1.22. The maximum absolute atomic E-state index is 9.92. The van der Waals surface area contributed by atoms with Gasteiger partial charge in [-0.05, 0) is 46.1 Å². The Morgan fingerprint density at radius 3 is 2.33 bits per heavy atom. The van der Waals surface area contributed by atoms with E-state index in [4.69, 9.17) is 5.73 Å². The number of hydrogen-bond acceptors (Lipinski definition) is 3. The van der Waals surface area contributed by atoms with Gasteiger partial charge in [0, 0.05) is 23.1 Å². The molecule has 0 spiro atoms. The summed E-state index contributed by atoms with van der Waals surface area (Å²) >= 11 is 0. The predicted octanol–water partition coefficient (Wildman–Crippen LogP) is 2.98. The van der Waals surface area contributed by atoms with E-state index in [0.717, 1.165) is 17.9 Å². The number of carbonyl (C=O) groups is 1. The second-order valence-corrected chi connectivity index (χ2v) is 7.47. The number of nitrogens with one attached hydrogen (secondary N) is 1. The Bertz CT molecular complexity index is 447. The van der Waals surface area contributed by atoms with Crippen LogP contribution in [0.3, 0.4) is 0 Å². The highest BCUT2D eigenvalue weighted by Crippen LogP contribution is 2.34. The standard InChI is InChI=1S/C11H19N2P.C4H10N2O/c1-8(2)7-11(4,14)10-12-6-5-9(3)13-10;1-3(2)6-4(5)7/h5-6,8H,7,14H2,1-4H3;3H,1-2H3,(H3,5,6,7). The van der Waals surface area contributed by atoms with Crippen LogP contribution in [0.25, 0.3) is 0 Å². The largest absolute Gasteiger partial charge is 0.352 e. The molecular weight excluding hydrogens is 283 g/mol. The van der Waals surface area contributed by atoms with Gasteiger partial charge < -0.3 is 11.1 Å². The van der Waals surface area contributed by atoms with E-state index in [1.54, 1.807) is 0 Å². The number of nitrogens with two attached hydrogens (primary N) is 1. The molecule has 2 amide bonds. The first kappa shape index (κ1) is 19.8. The molecule has 0 saturated heterocycles. The Morgan fingerprint density at radius 2 is 2.00 bits per heavy atom. The van der Waals surface area contributed by atoms with E-state index in [1.165, 1.54) is 0 Å². The molecule has 0 fully saturated rings. The van der Waals surface area contributed by atoms with Crippen LogP contribution in [-0.2, 0) is 5.16 Å². The first-order chi connectivity index (χ1) is 9.54. The Kier molecular flexibility index (Phi) is 8.41. The van der Waals surface area contributed by atoms with Crippen molar-refractivity contribution in [1.29, 1.82) is 0 Å². The van der Waals surface area contributed by atoms with Crippen LogP contribution in [0.1, 0.15) is 52.6 Å². The van der Waals surface area contributed by atoms with Crippen LogP contribution in [0, 0.1) is 12.8 Å². The van der Waals surface area contributed by atoms with Crippen molar-refractivity contribution in [2.45, 2.75) is 59.2 Å². The van der Waals surface area contributed by atoms with Crippen molar-refractivity contribution in [3.8, 4) is 0 Å². The molecule has 1 aromatic rings. The molecule has 5 nitrogen and oxygen atoms in total. The molecule has 1 aromatic heterocycles. The summed E-state index contributed by atoms with van der Waals surface area (Å²) in [5, 5.41) is 2.44. The number of primary amides is 1. The summed E-state index contributed by atoms with van der Waals surface area (Å²) in [7, 11) is 2.87. The van der Waals surface area contributed by atoms with Gasteiger partial charge >= 0.3 is 6.03 Å². The van der Waals surface area contributed by atoms with Crippen molar-refractivity contribution in [2.75, 3.05) is 0 Å². The minimum Gasteiger partial charge on any atom is -0.352 e. The molecule has 1 heterocycles. The number of hydrogen-bond donors (Lipinski definition) is 2. The third-order valence-corrected chi connectivity index (χ3v) is 3.06. The minimum absolute atomic E-state index is 0.000185. The maximum atomic E-state index is 9.92. The molecule has 0 aliphatic rings. The van der Waals surface area contributed by atoms with Crippen molar-refractivity contribution in [3.63, 3.8) is 0 Å². The van der Waals surface area contributed by atoms with E-state index >= 15 is 0 Å². The van der Waals surface area contributed by atoms with Crippen molar-refractivity contribution in [3.05, 3.63) is 23.8 Å². The fourth-order valence-electron chi connectivity index (χ4n) is 1.95. The zero-order valence-electron chi connectivity index (χ0n) is 14.0. The van der Waals surface area contributed by atoms with Gasteiger partial charge in [-0.1, -0.05) is 13.8 Å². The molecule has 3 N–H and O–H groups in total. The van der Waals surface area contributed by atoms with E-state index in [-0.39, 0.29) is 11.2 Å². The summed E-state index contributed by atoms with van der Waals surface area (Å²) in [6.45, 7) is 12.3. The van der Waals surface area contributed by atoms with Crippen molar-refractivity contribution < 1.29 is 4.79 Å². The predicted molar refractivity (Wildman–Crippen MR) is 91.1 cm³/mol. The number of rotatable bonds is 4. The van der Waals surface area contributed by atoms with Crippen LogP contribution in [0.5, 0.6) is 0 Å². The van der Waals surface area contributed by atoms with Crippen LogP contribution >= 0.6 is 9.24 Å². The molecule has 21 heavy (non-hydrogen) atoms. The quantitative estimate of drug-likeness (QED) is 0.839. The molecule has 1 rings (SSSR count). The van der Waals surface area contributed by atoms with Crippen LogP contribution in [0.2, 0.25) is 0 Å². The van der Waals surface area contributed by atoms with Gasteiger partial charge in [-0.3, -0.25) is 0 Å². The average molecular weight is 312 g/mol. The molecular formula is C15H29N4OP. The third-order valence-electron chi connectivity index (χ3n) is 2.57. The van der Waals surface area contributed by atoms with Crippen LogP contribution in [0.15, 0.2) is 12.3 Å². The summed E-state index contributed by atoms with van der Waals surface area (Å²) in [5.74, 6) is 1.58. The van der Waals surface area contributed by atoms with Gasteiger partial charge in [0.05, 0.1) is 0 Å². The number of nitrogens with zero attached hydrogens (tertiary/aromatic N) is 2. The van der Waals surface area contributed by atoms with E-state index in [9.17, 15) is 4.79 Å². The molecule has 0 aromatic carbocycles. The molecule has 0 saturated carbocycles. The smallest absolute Gasteiger partial charge is 0.312 e. The normalized spacial score (nSPS) is 13.4. The van der Waals surface area contributed by atoms with Crippen LogP contribution in [-0.4, -0.2) is 22.0 Å². The van der Waals surface area contributed by atoms with Crippen molar-refractivity contribution in [1.82, 2.24) is 15.3 Å². The zero-order chi connectivity index (χ0) is 16.6. The van der Waals surface area contributed by atoms with Gasteiger partial charge in [0.2, 0.25) is 0 Å². The summed E-state index contributed by atoms with van der Waals surface area (Å²) in [6.07, 6.45) is 2.92. The maximum Gasteiger partial charge on any atom is 0.312 e. The third kappa shape index (κ3) is 9.35. The molecule has 0 radical (unpaired) electrons. The fraction of sp³-hybridized carbons (Fsp3) is 0.667. The highest BCUT2D eigenvalue weighted by atomic mass is 31.0. The van der Waals surface area contributed by atoms with Gasteiger partial charge in [-0.15, -0.1) is 9.24 Å². The average Bonchev–Trinajstić information content (AvgIpc) is 2.25. The van der Waals surface area contributed by atoms with Gasteiger partial charge in [0.25, 0.3) is 0 Å². The lowest BCUT2D eigenvalue weighted by atomic mass is 9.97. The molecule has 0 aliphatic heterocycles. The lowest BCUT2D eigenvalue weighted by Crippen LogP contribution is -2.34. The number of amides is 2. The Morgan fingerprint density at radius 1 is 1.43 bits per heavy atom. The second kappa shape index (κ2) is 8.93. The van der Waals surface area contributed by atoms with Crippen LogP contribution < -0.4 is 11.1 Å². The van der Waals surface area contributed by atoms with Crippen molar-refractivity contribution in [2.24, 2.45) is 11.7 Å². The molecule has 6 heteroatoms. The Labute approximate surface area is 130 Å². The Balaban J connectivity index is 0.000000486. The van der Waals surface area contributed by atoms with E-state index in [1.807, 2.05) is 33.0 Å². The number of carbonyl (C=O) groups excluding carboxylic acids is 1. The van der Waals surface area contributed by atoms with Crippen molar-refractivity contribution >= 4 is 15.3 Å². The first-order valence-corrected chi connectivity index (χ1v) is 7.77. The number of aromatic nitrogens is 2. The minimum atomic E-state index is -0.463. The SMILES string of the molecule is CC(C)NC(N)=O.Cc1ccnc(C(C)(P)CC(C)C)n1. The number of aryl methyl sites for hydroxylation is 1. The first-order valence-electron chi connectivity index (χ1n) is 7.19. The molecule has 2 unspecified atom stereocenters. The van der Waals surface area contributed by atoms with Gasteiger partial charge in [-0.2, -0.15) is 0 Å². The summed E-state index contributed by atoms with van der Waals surface area (Å²) in [5.41, 5.74) is 5.78. The van der Waals surface area contributed by atoms with E-state index in [2.05, 4.69) is 45.3 Å². The molecule has 0 aliphatic carbocycles. The fourth-order valence-corrected chi connectivity index (χ4v) is 2.56. The van der Waals surface area contributed by atoms with Gasteiger partial charge in [-0.25, -0.2) is 14.8 Å². The van der Waals surface area contributed by atoms with Gasteiger partial charge in [0.15, 0.2) is 0 Å². The lowest BCUT2D eigenvalue weighted by molar-refractivity contribution is 0.247. The summed E-state index contributed by atoms with van der Waals surface area (Å²) in [4.78, 5) is 18.7. The monoisotopic (exact) mass is 312 g/mol. The highest BCUT2D eigenvalue weighted by molar-refractivity contribution is 7.18. The van der Waals surface area contributed by atoms with Crippen LogP contribution in [0.4, 0.5) is 4.79 Å². The zero-order valence-corrected chi connectivity index (χ0v) is 15.1. The summed E-state index contributed by atoms with van der Waals surface area (Å²) in [6, 6.07) is 1.62. The van der Waals surface area contributed by atoms with E-state index < -0.39 is 6.03 Å². The lowest BCUT2D eigenvalue weighted by Gasteiger charge is -2.24. The summed E-state index contributed by atoms with van der Waals surface area (Å²) < 4.78 is 0. The van der Waals surface area contributed by atoms with Gasteiger partial charge in [0.1, 0.15) is 5.82 Å². The molecule has 120 valence electrons. The highest BCUT2D eigenvalue weighted by Gasteiger charge is 2.25. The topological polar surface area (TPSA) is 80.9 Å². The molecule has 2 atom stereocenters.